The number of benzene rings is 1. The van der Waals surface area contributed by atoms with Crippen LogP contribution in [0.15, 0.2) is 23.1 Å². The Morgan fingerprint density at radius 3 is 2.15 bits per heavy atom. The normalized spacial score (nSPS) is 16.8. The third-order valence-electron chi connectivity index (χ3n) is 4.10. The Labute approximate surface area is 161 Å². The molecule has 0 unspecified atom stereocenters. The monoisotopic (exact) mass is 400 g/mol. The fourth-order valence-corrected chi connectivity index (χ4v) is 4.25. The van der Waals surface area contributed by atoms with Gasteiger partial charge in [0.25, 0.3) is 0 Å². The van der Waals surface area contributed by atoms with E-state index in [0.717, 1.165) is 0 Å². The van der Waals surface area contributed by atoms with Gasteiger partial charge >= 0.3 is 5.97 Å². The molecule has 9 heteroatoms. The number of sulfonamides is 1. The molecule has 1 aromatic carbocycles. The standard InChI is InChI=1S/C18H28N2O6S/c1-18(2,3)26-17(21)13-19-8-10-20(11-9-19)27(22,23)14-6-7-15(24-4)16(12-14)25-5/h6-7,12H,8-11,13H2,1-5H3. The average Bonchev–Trinajstić information content (AvgIpc) is 2.59. The highest BCUT2D eigenvalue weighted by molar-refractivity contribution is 7.89. The van der Waals surface area contributed by atoms with Crippen LogP contribution in [-0.4, -0.2) is 76.1 Å². The van der Waals surface area contributed by atoms with Gasteiger partial charge < -0.3 is 14.2 Å². The third-order valence-corrected chi connectivity index (χ3v) is 5.99. The van der Waals surface area contributed by atoms with Crippen LogP contribution < -0.4 is 9.47 Å². The Morgan fingerprint density at radius 1 is 1.04 bits per heavy atom. The number of rotatable bonds is 6. The minimum Gasteiger partial charge on any atom is -0.493 e. The van der Waals surface area contributed by atoms with Crippen LogP contribution in [0, 0.1) is 0 Å². The largest absolute Gasteiger partial charge is 0.493 e. The van der Waals surface area contributed by atoms with Gasteiger partial charge in [0.05, 0.1) is 25.7 Å². The van der Waals surface area contributed by atoms with E-state index >= 15 is 0 Å². The molecule has 1 heterocycles. The van der Waals surface area contributed by atoms with E-state index < -0.39 is 15.6 Å². The summed E-state index contributed by atoms with van der Waals surface area (Å²) in [5.41, 5.74) is -0.532. The Hall–Kier alpha value is -1.84. The van der Waals surface area contributed by atoms with Gasteiger partial charge in [-0.1, -0.05) is 0 Å². The van der Waals surface area contributed by atoms with Gasteiger partial charge in [0.15, 0.2) is 11.5 Å². The van der Waals surface area contributed by atoms with E-state index in [1.54, 1.807) is 6.07 Å². The minimum absolute atomic E-state index is 0.153. The van der Waals surface area contributed by atoms with Crippen LogP contribution in [-0.2, 0) is 19.6 Å². The van der Waals surface area contributed by atoms with Crippen molar-refractivity contribution in [3.05, 3.63) is 18.2 Å². The fraction of sp³-hybridized carbons (Fsp3) is 0.611. The predicted octanol–water partition coefficient (Wildman–Crippen LogP) is 1.35. The lowest BCUT2D eigenvalue weighted by Crippen LogP contribution is -2.50. The molecule has 8 nitrogen and oxygen atoms in total. The molecule has 27 heavy (non-hydrogen) atoms. The number of carbonyl (C=O) groups excluding carboxylic acids is 1. The first kappa shape index (κ1) is 21.5. The Morgan fingerprint density at radius 2 is 1.63 bits per heavy atom. The highest BCUT2D eigenvalue weighted by Gasteiger charge is 2.30. The molecule has 2 rings (SSSR count). The zero-order chi connectivity index (χ0) is 20.2. The van der Waals surface area contributed by atoms with E-state index in [1.165, 1.54) is 30.7 Å². The maximum absolute atomic E-state index is 12.9. The lowest BCUT2D eigenvalue weighted by molar-refractivity contribution is -0.156. The number of nitrogens with zero attached hydrogens (tertiary/aromatic N) is 2. The molecule has 1 fully saturated rings. The lowest BCUT2D eigenvalue weighted by Gasteiger charge is -2.34. The zero-order valence-electron chi connectivity index (χ0n) is 16.5. The number of esters is 1. The van der Waals surface area contributed by atoms with Gasteiger partial charge in [-0.15, -0.1) is 0 Å². The third kappa shape index (κ3) is 5.57. The van der Waals surface area contributed by atoms with Crippen molar-refractivity contribution in [2.75, 3.05) is 46.9 Å². The number of methoxy groups -OCH3 is 2. The molecule has 0 radical (unpaired) electrons. The summed E-state index contributed by atoms with van der Waals surface area (Å²) in [6, 6.07) is 4.54. The summed E-state index contributed by atoms with van der Waals surface area (Å²) in [4.78, 5) is 14.0. The Kier molecular flexibility index (Phi) is 6.72. The summed E-state index contributed by atoms with van der Waals surface area (Å²) in [6.07, 6.45) is 0. The van der Waals surface area contributed by atoms with Crippen LogP contribution >= 0.6 is 0 Å². The van der Waals surface area contributed by atoms with E-state index in [-0.39, 0.29) is 17.4 Å². The van der Waals surface area contributed by atoms with Crippen molar-refractivity contribution in [1.82, 2.24) is 9.21 Å². The highest BCUT2D eigenvalue weighted by Crippen LogP contribution is 2.30. The number of hydrogen-bond donors (Lipinski definition) is 0. The van der Waals surface area contributed by atoms with Crippen molar-refractivity contribution in [3.63, 3.8) is 0 Å². The first-order chi connectivity index (χ1) is 12.6. The molecule has 0 aromatic heterocycles. The van der Waals surface area contributed by atoms with Crippen LogP contribution in [0.3, 0.4) is 0 Å². The highest BCUT2D eigenvalue weighted by atomic mass is 32.2. The maximum Gasteiger partial charge on any atom is 0.320 e. The molecule has 0 saturated carbocycles. The summed E-state index contributed by atoms with van der Waals surface area (Å²) in [5.74, 6) is 0.527. The molecule has 1 saturated heterocycles. The van der Waals surface area contributed by atoms with E-state index in [9.17, 15) is 13.2 Å². The molecule has 0 aliphatic carbocycles. The first-order valence-corrected chi connectivity index (χ1v) is 10.2. The number of hydrogen-bond acceptors (Lipinski definition) is 7. The molecule has 0 spiro atoms. The van der Waals surface area contributed by atoms with Crippen molar-refractivity contribution in [1.29, 1.82) is 0 Å². The lowest BCUT2D eigenvalue weighted by atomic mass is 10.2. The van der Waals surface area contributed by atoms with Crippen molar-refractivity contribution < 1.29 is 27.4 Å². The summed E-state index contributed by atoms with van der Waals surface area (Å²) in [7, 11) is -0.687. The molecule has 152 valence electrons. The quantitative estimate of drug-likeness (QED) is 0.667. The first-order valence-electron chi connectivity index (χ1n) is 8.73. The van der Waals surface area contributed by atoms with Crippen LogP contribution in [0.2, 0.25) is 0 Å². The zero-order valence-corrected chi connectivity index (χ0v) is 17.3. The van der Waals surface area contributed by atoms with Gasteiger partial charge in [0.1, 0.15) is 5.60 Å². The van der Waals surface area contributed by atoms with Gasteiger partial charge in [-0.3, -0.25) is 9.69 Å². The van der Waals surface area contributed by atoms with E-state index in [4.69, 9.17) is 14.2 Å². The van der Waals surface area contributed by atoms with E-state index in [1.807, 2.05) is 25.7 Å². The summed E-state index contributed by atoms with van der Waals surface area (Å²) in [5, 5.41) is 0. The molecule has 0 bridgehead atoms. The maximum atomic E-state index is 12.9. The Balaban J connectivity index is 2.01. The number of carbonyl (C=O) groups is 1. The van der Waals surface area contributed by atoms with Gasteiger partial charge in [0.2, 0.25) is 10.0 Å². The second-order valence-corrected chi connectivity index (χ2v) is 9.22. The fourth-order valence-electron chi connectivity index (χ4n) is 2.81. The van der Waals surface area contributed by atoms with Crippen LogP contribution in [0.4, 0.5) is 0 Å². The molecule has 1 aliphatic heterocycles. The molecule has 0 amide bonds. The molecular weight excluding hydrogens is 372 g/mol. The van der Waals surface area contributed by atoms with Gasteiger partial charge in [-0.05, 0) is 32.9 Å². The smallest absolute Gasteiger partial charge is 0.320 e. The number of ether oxygens (including phenoxy) is 3. The van der Waals surface area contributed by atoms with Crippen molar-refractivity contribution in [2.45, 2.75) is 31.3 Å². The second kappa shape index (κ2) is 8.45. The summed E-state index contributed by atoms with van der Waals surface area (Å²) in [6.45, 7) is 7.15. The Bertz CT molecular complexity index is 765. The topological polar surface area (TPSA) is 85.4 Å². The van der Waals surface area contributed by atoms with E-state index in [2.05, 4.69) is 0 Å². The summed E-state index contributed by atoms with van der Waals surface area (Å²) < 4.78 is 42.9. The van der Waals surface area contributed by atoms with Gasteiger partial charge in [-0.25, -0.2) is 8.42 Å². The second-order valence-electron chi connectivity index (χ2n) is 7.28. The SMILES string of the molecule is COc1ccc(S(=O)(=O)N2CCN(CC(=O)OC(C)(C)C)CC2)cc1OC. The molecule has 1 aliphatic rings. The van der Waals surface area contributed by atoms with Crippen molar-refractivity contribution >= 4 is 16.0 Å². The van der Waals surface area contributed by atoms with Gasteiger partial charge in [0, 0.05) is 32.2 Å². The van der Waals surface area contributed by atoms with Crippen LogP contribution in [0.1, 0.15) is 20.8 Å². The van der Waals surface area contributed by atoms with Gasteiger partial charge in [-0.2, -0.15) is 4.31 Å². The van der Waals surface area contributed by atoms with Crippen molar-refractivity contribution in [3.8, 4) is 11.5 Å². The molecule has 0 atom stereocenters. The van der Waals surface area contributed by atoms with Crippen molar-refractivity contribution in [2.24, 2.45) is 0 Å². The minimum atomic E-state index is -3.65. The molecule has 1 aromatic rings. The number of piperazine rings is 1. The van der Waals surface area contributed by atoms with E-state index in [0.29, 0.717) is 37.7 Å². The average molecular weight is 400 g/mol. The van der Waals surface area contributed by atoms with Crippen LogP contribution in [0.5, 0.6) is 11.5 Å². The molecule has 0 N–H and O–H groups in total. The van der Waals surface area contributed by atoms with Crippen LogP contribution in [0.25, 0.3) is 0 Å². The predicted molar refractivity (Wildman–Crippen MR) is 101 cm³/mol. The summed E-state index contributed by atoms with van der Waals surface area (Å²) >= 11 is 0. The molecular formula is C18H28N2O6S.